The fraction of sp³-hybridized carbons (Fsp3) is 0.895. The van der Waals surface area contributed by atoms with E-state index < -0.39 is 0 Å². The summed E-state index contributed by atoms with van der Waals surface area (Å²) in [6, 6.07) is 0.613. The van der Waals surface area contributed by atoms with Gasteiger partial charge in [-0.25, -0.2) is 0 Å². The fourth-order valence-corrected chi connectivity index (χ4v) is 4.48. The summed E-state index contributed by atoms with van der Waals surface area (Å²) < 4.78 is 10.8. The van der Waals surface area contributed by atoms with Crippen molar-refractivity contribution < 1.29 is 19.1 Å². The zero-order valence-corrected chi connectivity index (χ0v) is 16.0. The van der Waals surface area contributed by atoms with Crippen LogP contribution in [-0.4, -0.2) is 86.3 Å². The van der Waals surface area contributed by atoms with Gasteiger partial charge in [-0.15, -0.1) is 0 Å². The largest absolute Gasteiger partial charge is 0.385 e. The van der Waals surface area contributed by atoms with E-state index in [1.807, 2.05) is 0 Å². The van der Waals surface area contributed by atoms with Crippen LogP contribution >= 0.6 is 0 Å². The number of amides is 2. The molecule has 3 fully saturated rings. The summed E-state index contributed by atoms with van der Waals surface area (Å²) >= 11 is 0. The molecule has 3 heterocycles. The first-order valence-corrected chi connectivity index (χ1v) is 10.0. The maximum Gasteiger partial charge on any atom is 0.240 e. The fourth-order valence-electron chi connectivity index (χ4n) is 4.48. The minimum Gasteiger partial charge on any atom is -0.385 e. The van der Waals surface area contributed by atoms with Gasteiger partial charge in [0.1, 0.15) is 0 Å². The van der Waals surface area contributed by atoms with Crippen LogP contribution in [0.2, 0.25) is 0 Å². The topological polar surface area (TPSA) is 71.1 Å². The van der Waals surface area contributed by atoms with E-state index in [2.05, 4.69) is 10.2 Å². The summed E-state index contributed by atoms with van der Waals surface area (Å²) in [5, 5.41) is 3.27. The minimum atomic E-state index is -0.211. The lowest BCUT2D eigenvalue weighted by Gasteiger charge is -2.45. The average molecular weight is 367 g/mol. The van der Waals surface area contributed by atoms with Crippen LogP contribution in [0.4, 0.5) is 0 Å². The molecule has 0 atom stereocenters. The van der Waals surface area contributed by atoms with Gasteiger partial charge in [-0.05, 0) is 38.5 Å². The van der Waals surface area contributed by atoms with E-state index in [0.29, 0.717) is 25.6 Å². The van der Waals surface area contributed by atoms with Crippen LogP contribution in [0.25, 0.3) is 0 Å². The zero-order valence-electron chi connectivity index (χ0n) is 16.0. The van der Waals surface area contributed by atoms with E-state index in [4.69, 9.17) is 9.47 Å². The maximum absolute atomic E-state index is 12.6. The summed E-state index contributed by atoms with van der Waals surface area (Å²) in [4.78, 5) is 28.6. The number of hydrogen-bond donors (Lipinski definition) is 1. The van der Waals surface area contributed by atoms with Gasteiger partial charge in [-0.2, -0.15) is 0 Å². The number of likely N-dealkylation sites (tertiary alicyclic amines) is 2. The molecule has 0 bridgehead atoms. The van der Waals surface area contributed by atoms with Gasteiger partial charge >= 0.3 is 0 Å². The molecule has 3 aliphatic heterocycles. The highest BCUT2D eigenvalue weighted by molar-refractivity contribution is 5.86. The number of hydrogen-bond acceptors (Lipinski definition) is 5. The molecule has 0 spiro atoms. The van der Waals surface area contributed by atoms with Crippen molar-refractivity contribution >= 4 is 11.8 Å². The lowest BCUT2D eigenvalue weighted by Crippen LogP contribution is -2.59. The van der Waals surface area contributed by atoms with E-state index in [1.54, 1.807) is 12.0 Å². The van der Waals surface area contributed by atoms with Gasteiger partial charge in [0.05, 0.1) is 6.54 Å². The van der Waals surface area contributed by atoms with Crippen molar-refractivity contribution in [2.24, 2.45) is 0 Å². The van der Waals surface area contributed by atoms with Gasteiger partial charge in [-0.3, -0.25) is 9.59 Å². The molecule has 1 N–H and O–H groups in total. The molecule has 148 valence electrons. The average Bonchev–Trinajstić information content (AvgIpc) is 3.06. The maximum atomic E-state index is 12.6. The first-order chi connectivity index (χ1) is 12.6. The Hall–Kier alpha value is -1.18. The molecule has 26 heavy (non-hydrogen) atoms. The van der Waals surface area contributed by atoms with Crippen molar-refractivity contribution in [3.05, 3.63) is 0 Å². The normalized spacial score (nSPS) is 24.8. The molecule has 0 radical (unpaired) electrons. The van der Waals surface area contributed by atoms with Crippen LogP contribution in [0.5, 0.6) is 0 Å². The third-order valence-electron chi connectivity index (χ3n) is 6.16. The number of rotatable bonds is 7. The van der Waals surface area contributed by atoms with Crippen molar-refractivity contribution in [1.29, 1.82) is 0 Å². The third-order valence-corrected chi connectivity index (χ3v) is 6.16. The molecule has 0 aromatic carbocycles. The molecule has 7 nitrogen and oxygen atoms in total. The molecule has 3 saturated heterocycles. The number of carbonyl (C=O) groups excluding carboxylic acids is 2. The van der Waals surface area contributed by atoms with Crippen molar-refractivity contribution in [2.75, 3.05) is 53.1 Å². The second kappa shape index (κ2) is 9.15. The van der Waals surface area contributed by atoms with E-state index in [0.717, 1.165) is 64.8 Å². The highest BCUT2D eigenvalue weighted by atomic mass is 16.5. The Morgan fingerprint density at radius 1 is 1.27 bits per heavy atom. The number of nitrogens with one attached hydrogen (secondary N) is 1. The lowest BCUT2D eigenvalue weighted by atomic mass is 9.83. The molecule has 0 aromatic rings. The number of methoxy groups -OCH3 is 1. The molecular weight excluding hydrogens is 334 g/mol. The zero-order chi connectivity index (χ0) is 18.4. The SMILES string of the molecule is COCCC1(NC(=O)CN2CCCC2=O)CCN(C2CCOCC2)CC1. The summed E-state index contributed by atoms with van der Waals surface area (Å²) in [5.74, 6) is 0.0660. The van der Waals surface area contributed by atoms with Gasteiger partial charge in [0.15, 0.2) is 0 Å². The lowest BCUT2D eigenvalue weighted by molar-refractivity contribution is -0.134. The number of carbonyl (C=O) groups is 2. The Bertz CT molecular complexity index is 485. The molecule has 0 saturated carbocycles. The Balaban J connectivity index is 1.54. The predicted molar refractivity (Wildman–Crippen MR) is 97.8 cm³/mol. The summed E-state index contributed by atoms with van der Waals surface area (Å²) in [6.45, 7) is 5.24. The monoisotopic (exact) mass is 367 g/mol. The molecule has 3 aliphatic rings. The Morgan fingerprint density at radius 2 is 2.00 bits per heavy atom. The summed E-state index contributed by atoms with van der Waals surface area (Å²) in [5.41, 5.74) is -0.211. The number of ether oxygens (including phenoxy) is 2. The van der Waals surface area contributed by atoms with Crippen molar-refractivity contribution in [3.63, 3.8) is 0 Å². The number of nitrogens with zero attached hydrogens (tertiary/aromatic N) is 2. The van der Waals surface area contributed by atoms with Crippen LogP contribution in [-0.2, 0) is 19.1 Å². The van der Waals surface area contributed by atoms with E-state index in [1.165, 1.54) is 0 Å². The number of piperidine rings is 1. The molecule has 3 rings (SSSR count). The molecule has 2 amide bonds. The van der Waals surface area contributed by atoms with E-state index in [-0.39, 0.29) is 23.9 Å². The highest BCUT2D eigenvalue weighted by Crippen LogP contribution is 2.29. The molecule has 0 unspecified atom stereocenters. The first-order valence-electron chi connectivity index (χ1n) is 10.0. The van der Waals surface area contributed by atoms with Gasteiger partial charge in [0.2, 0.25) is 11.8 Å². The van der Waals surface area contributed by atoms with Crippen LogP contribution in [0.15, 0.2) is 0 Å². The highest BCUT2D eigenvalue weighted by Gasteiger charge is 2.38. The third kappa shape index (κ3) is 4.96. The standard InChI is InChI=1S/C19H33N3O4/c1-25-14-8-19(20-17(23)15-22-9-2-3-18(22)24)6-10-21(11-7-19)16-4-12-26-13-5-16/h16H,2-15H2,1H3,(H,20,23). The van der Waals surface area contributed by atoms with Crippen LogP contribution < -0.4 is 5.32 Å². The van der Waals surface area contributed by atoms with Gasteiger partial charge in [0.25, 0.3) is 0 Å². The smallest absolute Gasteiger partial charge is 0.240 e. The molecular formula is C19H33N3O4. The van der Waals surface area contributed by atoms with Gasteiger partial charge in [-0.1, -0.05) is 0 Å². The Kier molecular flexibility index (Phi) is 6.89. The van der Waals surface area contributed by atoms with Crippen LogP contribution in [0, 0.1) is 0 Å². The van der Waals surface area contributed by atoms with Gasteiger partial charge < -0.3 is 24.6 Å². The minimum absolute atomic E-state index is 0.0316. The van der Waals surface area contributed by atoms with Crippen LogP contribution in [0.1, 0.15) is 44.9 Å². The Morgan fingerprint density at radius 3 is 2.62 bits per heavy atom. The van der Waals surface area contributed by atoms with Crippen molar-refractivity contribution in [3.8, 4) is 0 Å². The molecule has 0 aromatic heterocycles. The van der Waals surface area contributed by atoms with E-state index in [9.17, 15) is 9.59 Å². The van der Waals surface area contributed by atoms with Crippen LogP contribution in [0.3, 0.4) is 0 Å². The first kappa shape index (κ1) is 19.6. The second-order valence-corrected chi connectivity index (χ2v) is 7.87. The van der Waals surface area contributed by atoms with Gasteiger partial charge in [0, 0.05) is 64.6 Å². The van der Waals surface area contributed by atoms with Crippen molar-refractivity contribution in [2.45, 2.75) is 56.5 Å². The molecule has 0 aliphatic carbocycles. The summed E-state index contributed by atoms with van der Waals surface area (Å²) in [6.07, 6.45) is 6.35. The Labute approximate surface area is 156 Å². The predicted octanol–water partition coefficient (Wildman–Crippen LogP) is 0.775. The quantitative estimate of drug-likeness (QED) is 0.720. The second-order valence-electron chi connectivity index (χ2n) is 7.87. The molecule has 7 heteroatoms. The van der Waals surface area contributed by atoms with Crippen molar-refractivity contribution in [1.82, 2.24) is 15.1 Å². The van der Waals surface area contributed by atoms with E-state index >= 15 is 0 Å². The summed E-state index contributed by atoms with van der Waals surface area (Å²) in [7, 11) is 1.70.